The van der Waals surface area contributed by atoms with Gasteiger partial charge in [0.05, 0.1) is 6.10 Å². The third kappa shape index (κ3) is 4.52. The molecule has 0 heterocycles. The molecule has 8 atom stereocenters. The van der Waals surface area contributed by atoms with Gasteiger partial charge in [-0.25, -0.2) is 0 Å². The van der Waals surface area contributed by atoms with Crippen molar-refractivity contribution >= 4 is 5.97 Å². The molecular weight excluding hydrogens is 396 g/mol. The van der Waals surface area contributed by atoms with E-state index in [1.54, 1.807) is 5.57 Å². The van der Waals surface area contributed by atoms with Crippen molar-refractivity contribution in [2.45, 2.75) is 98.5 Å². The van der Waals surface area contributed by atoms with Gasteiger partial charge >= 0.3 is 5.97 Å². The van der Waals surface area contributed by atoms with Crippen LogP contribution in [0.3, 0.4) is 0 Å². The molecule has 180 valence electrons. The van der Waals surface area contributed by atoms with E-state index in [1.807, 2.05) is 6.92 Å². The molecule has 3 nitrogen and oxygen atoms in total. The highest BCUT2D eigenvalue weighted by Gasteiger charge is 2.57. The van der Waals surface area contributed by atoms with Gasteiger partial charge in [0.15, 0.2) is 0 Å². The highest BCUT2D eigenvalue weighted by Crippen LogP contribution is 2.66. The van der Waals surface area contributed by atoms with Crippen molar-refractivity contribution in [1.82, 2.24) is 0 Å². The second-order valence-electron chi connectivity index (χ2n) is 12.0. The Kier molecular flexibility index (Phi) is 7.49. The Morgan fingerprint density at radius 3 is 2.47 bits per heavy atom. The number of carboxylic acids is 1. The van der Waals surface area contributed by atoms with E-state index in [1.165, 1.54) is 31.3 Å². The lowest BCUT2D eigenvalue weighted by Crippen LogP contribution is -2.48. The molecule has 2 saturated carbocycles. The van der Waals surface area contributed by atoms with Crippen LogP contribution in [0.4, 0.5) is 0 Å². The maximum absolute atomic E-state index is 11.5. The highest BCUT2D eigenvalue weighted by atomic mass is 16.4. The predicted octanol–water partition coefficient (Wildman–Crippen LogP) is 7.18. The molecule has 3 aliphatic carbocycles. The molecule has 0 aromatic carbocycles. The summed E-state index contributed by atoms with van der Waals surface area (Å²) in [5.74, 6) is 2.18. The zero-order valence-corrected chi connectivity index (χ0v) is 21.1. The highest BCUT2D eigenvalue weighted by molar-refractivity contribution is 5.66. The average Bonchev–Trinajstić information content (AvgIpc) is 3.07. The third-order valence-corrected chi connectivity index (χ3v) is 9.97. The van der Waals surface area contributed by atoms with E-state index in [0.29, 0.717) is 29.6 Å². The van der Waals surface area contributed by atoms with Crippen molar-refractivity contribution in [2.24, 2.45) is 40.4 Å². The van der Waals surface area contributed by atoms with Gasteiger partial charge < -0.3 is 10.2 Å². The summed E-state index contributed by atoms with van der Waals surface area (Å²) >= 11 is 0. The van der Waals surface area contributed by atoms with Crippen LogP contribution in [0.1, 0.15) is 92.4 Å². The number of fused-ring (bicyclic) bond motifs is 3. The van der Waals surface area contributed by atoms with Crippen LogP contribution in [0.5, 0.6) is 0 Å². The molecule has 2 N–H and O–H groups in total. The van der Waals surface area contributed by atoms with Crippen molar-refractivity contribution in [3.05, 3.63) is 36.0 Å². The molecule has 0 amide bonds. The number of aliphatic carboxylic acids is 1. The monoisotopic (exact) mass is 442 g/mol. The number of carboxylic acid groups (broad SMARTS) is 1. The first-order chi connectivity index (χ1) is 14.9. The first-order valence-corrected chi connectivity index (χ1v) is 12.8. The number of aliphatic hydroxyl groups is 1. The molecule has 2 fully saturated rings. The van der Waals surface area contributed by atoms with Crippen LogP contribution in [0.2, 0.25) is 0 Å². The maximum atomic E-state index is 11.5. The van der Waals surface area contributed by atoms with Gasteiger partial charge in [-0.1, -0.05) is 56.7 Å². The fourth-order valence-electron chi connectivity index (χ4n) is 7.98. The molecule has 0 bridgehead atoms. The molecule has 0 unspecified atom stereocenters. The second kappa shape index (κ2) is 9.49. The Labute approximate surface area is 196 Å². The van der Waals surface area contributed by atoms with Gasteiger partial charge in [-0.3, -0.25) is 4.79 Å². The van der Waals surface area contributed by atoms with E-state index in [-0.39, 0.29) is 23.4 Å². The summed E-state index contributed by atoms with van der Waals surface area (Å²) in [5.41, 5.74) is 3.93. The lowest BCUT2D eigenvalue weighted by molar-refractivity contribution is -0.138. The van der Waals surface area contributed by atoms with Gasteiger partial charge in [-0.2, -0.15) is 0 Å². The maximum Gasteiger partial charge on any atom is 0.303 e. The Balaban J connectivity index is 1.82. The quantitative estimate of drug-likeness (QED) is 0.372. The standard InChI is InChI=1S/C29H46O3/c1-18(2)22-9-11-25-24(28(22,6)17-15-27(31)32)12-10-23-21(14-16-29(23,25)7)20(5)8-13-26(30)19(3)4/h11,20-24,26,30H,1,3,8-10,12-17H2,2,4-7H3,(H,31,32)/t20-,21-,22+,23-,24+,26-,28+,29-/m1/s1. The smallest absolute Gasteiger partial charge is 0.303 e. The number of carbonyl (C=O) groups is 1. The minimum Gasteiger partial charge on any atom is -0.481 e. The Morgan fingerprint density at radius 2 is 1.88 bits per heavy atom. The van der Waals surface area contributed by atoms with E-state index in [4.69, 9.17) is 0 Å². The molecule has 0 aromatic rings. The minimum atomic E-state index is -0.686. The third-order valence-electron chi connectivity index (χ3n) is 9.97. The molecule has 0 saturated heterocycles. The molecule has 0 aromatic heterocycles. The zero-order chi connectivity index (χ0) is 23.8. The summed E-state index contributed by atoms with van der Waals surface area (Å²) in [6.07, 6.45) is 10.9. The Morgan fingerprint density at radius 1 is 1.19 bits per heavy atom. The van der Waals surface area contributed by atoms with Gasteiger partial charge in [0.1, 0.15) is 0 Å². The largest absolute Gasteiger partial charge is 0.481 e. The molecule has 32 heavy (non-hydrogen) atoms. The lowest BCUT2D eigenvalue weighted by Gasteiger charge is -2.56. The van der Waals surface area contributed by atoms with Crippen LogP contribution in [-0.2, 0) is 4.79 Å². The van der Waals surface area contributed by atoms with Gasteiger partial charge in [-0.15, -0.1) is 0 Å². The first-order valence-electron chi connectivity index (χ1n) is 12.8. The van der Waals surface area contributed by atoms with E-state index >= 15 is 0 Å². The zero-order valence-electron chi connectivity index (χ0n) is 21.1. The lowest BCUT2D eigenvalue weighted by atomic mass is 9.48. The number of allylic oxidation sites excluding steroid dienone is 3. The molecule has 0 radical (unpaired) electrons. The van der Waals surface area contributed by atoms with Crippen LogP contribution in [-0.4, -0.2) is 22.3 Å². The van der Waals surface area contributed by atoms with Crippen LogP contribution in [0.25, 0.3) is 0 Å². The van der Waals surface area contributed by atoms with Crippen molar-refractivity contribution < 1.29 is 15.0 Å². The molecule has 0 spiro atoms. The Hall–Kier alpha value is -1.35. The fraction of sp³-hybridized carbons (Fsp3) is 0.759. The fourth-order valence-corrected chi connectivity index (χ4v) is 7.98. The summed E-state index contributed by atoms with van der Waals surface area (Å²) in [4.78, 5) is 11.5. The van der Waals surface area contributed by atoms with Crippen molar-refractivity contribution in [3.8, 4) is 0 Å². The van der Waals surface area contributed by atoms with E-state index in [0.717, 1.165) is 31.3 Å². The summed E-state index contributed by atoms with van der Waals surface area (Å²) in [6.45, 7) is 19.5. The number of hydrogen-bond donors (Lipinski definition) is 2. The number of hydrogen-bond acceptors (Lipinski definition) is 2. The van der Waals surface area contributed by atoms with Crippen LogP contribution in [0, 0.1) is 40.4 Å². The second-order valence-corrected chi connectivity index (χ2v) is 12.0. The molecule has 3 aliphatic rings. The van der Waals surface area contributed by atoms with Crippen molar-refractivity contribution in [2.75, 3.05) is 0 Å². The van der Waals surface area contributed by atoms with E-state index in [9.17, 15) is 15.0 Å². The number of aliphatic hydroxyl groups excluding tert-OH is 1. The van der Waals surface area contributed by atoms with Gasteiger partial charge in [0.2, 0.25) is 0 Å². The summed E-state index contributed by atoms with van der Waals surface area (Å²) < 4.78 is 0. The SMILES string of the molecule is C=C(C)[C@H](O)CC[C@@H](C)[C@H]1CC[C@@]2(C)C3=CC[C@@H](C(=C)C)[C@](C)(CCC(=O)O)[C@H]3CC[C@H]12. The van der Waals surface area contributed by atoms with Crippen LogP contribution in [0.15, 0.2) is 36.0 Å². The van der Waals surface area contributed by atoms with Crippen molar-refractivity contribution in [1.29, 1.82) is 0 Å². The average molecular weight is 443 g/mol. The minimum absolute atomic E-state index is 0.0163. The Bertz CT molecular complexity index is 779. The number of rotatable bonds is 9. The summed E-state index contributed by atoms with van der Waals surface area (Å²) in [5, 5.41) is 19.7. The molecule has 3 rings (SSSR count). The van der Waals surface area contributed by atoms with Crippen LogP contribution < -0.4 is 0 Å². The van der Waals surface area contributed by atoms with Gasteiger partial charge in [0, 0.05) is 6.42 Å². The van der Waals surface area contributed by atoms with Gasteiger partial charge in [-0.05, 0) is 106 Å². The summed E-state index contributed by atoms with van der Waals surface area (Å²) in [6, 6.07) is 0. The first kappa shape index (κ1) is 25.3. The van der Waals surface area contributed by atoms with Gasteiger partial charge in [0.25, 0.3) is 0 Å². The van der Waals surface area contributed by atoms with Crippen molar-refractivity contribution in [3.63, 3.8) is 0 Å². The van der Waals surface area contributed by atoms with E-state index < -0.39 is 5.97 Å². The molecular formula is C29H46O3. The molecule has 0 aliphatic heterocycles. The molecule has 3 heteroatoms. The summed E-state index contributed by atoms with van der Waals surface area (Å²) in [7, 11) is 0. The predicted molar refractivity (Wildman–Crippen MR) is 132 cm³/mol. The normalized spacial score (nSPS) is 38.2. The van der Waals surface area contributed by atoms with E-state index in [2.05, 4.69) is 46.9 Å². The van der Waals surface area contributed by atoms with Crippen LogP contribution >= 0.6 is 0 Å². The topological polar surface area (TPSA) is 57.5 Å².